The van der Waals surface area contributed by atoms with Crippen molar-refractivity contribution in [2.24, 2.45) is 0 Å². The number of quaternary nitrogens is 2. The minimum absolute atomic E-state index is 0.632. The van der Waals surface area contributed by atoms with Gasteiger partial charge in [0.05, 0.1) is 26.3 Å². The van der Waals surface area contributed by atoms with Crippen LogP contribution in [0.1, 0.15) is 26.7 Å². The SMILES string of the molecule is CCOCCC[NH3+].CCOCCC[NH3+].CP(=O)([O-])[O-]. The predicted molar refractivity (Wildman–Crippen MR) is 71.3 cm³/mol. The average molecular weight is 302 g/mol. The summed E-state index contributed by atoms with van der Waals surface area (Å²) in [5.74, 6) is 0. The maximum atomic E-state index is 9.10. The smallest absolute Gasteiger partial charge is 0.0762 e. The maximum absolute atomic E-state index is 9.10. The summed E-state index contributed by atoms with van der Waals surface area (Å²) in [6.45, 7) is 10.0. The molecule has 0 aliphatic heterocycles. The minimum atomic E-state index is -4.14. The van der Waals surface area contributed by atoms with E-state index in [0.29, 0.717) is 6.66 Å². The van der Waals surface area contributed by atoms with E-state index in [1.807, 2.05) is 13.8 Å². The van der Waals surface area contributed by atoms with Gasteiger partial charge in [0, 0.05) is 26.1 Å². The second-order valence-electron chi connectivity index (χ2n) is 3.58. The molecule has 0 saturated heterocycles. The molecule has 0 unspecified atom stereocenters. The Labute approximate surface area is 116 Å². The molecule has 7 nitrogen and oxygen atoms in total. The standard InChI is InChI=1S/2C5H13NO.CH5O3P/c2*1-2-7-5-3-4-6;1-5(2,3)4/h2*2-6H2,1H3;1H3,(H2,2,3,4). The van der Waals surface area contributed by atoms with Gasteiger partial charge in [-0.25, -0.2) is 0 Å². The van der Waals surface area contributed by atoms with Crippen molar-refractivity contribution in [3.8, 4) is 0 Å². The lowest BCUT2D eigenvalue weighted by atomic mass is 10.5. The van der Waals surface area contributed by atoms with Crippen LogP contribution in [0, 0.1) is 0 Å². The molecular weight excluding hydrogens is 271 g/mol. The summed E-state index contributed by atoms with van der Waals surface area (Å²) in [6.07, 6.45) is 2.18. The lowest BCUT2D eigenvalue weighted by molar-refractivity contribution is -0.369. The van der Waals surface area contributed by atoms with Gasteiger partial charge in [0.15, 0.2) is 0 Å². The van der Waals surface area contributed by atoms with E-state index in [2.05, 4.69) is 11.5 Å². The zero-order valence-corrected chi connectivity index (χ0v) is 13.5. The summed E-state index contributed by atoms with van der Waals surface area (Å²) < 4.78 is 19.2. The second-order valence-corrected chi connectivity index (χ2v) is 5.12. The van der Waals surface area contributed by atoms with E-state index in [1.165, 1.54) is 0 Å². The Balaban J connectivity index is -0.000000206. The zero-order chi connectivity index (χ0) is 15.6. The van der Waals surface area contributed by atoms with E-state index in [9.17, 15) is 0 Å². The van der Waals surface area contributed by atoms with Gasteiger partial charge in [-0.2, -0.15) is 0 Å². The van der Waals surface area contributed by atoms with E-state index in [-0.39, 0.29) is 0 Å². The molecule has 0 spiro atoms. The first-order valence-electron chi connectivity index (χ1n) is 6.56. The van der Waals surface area contributed by atoms with E-state index in [1.54, 1.807) is 0 Å². The van der Waals surface area contributed by atoms with Crippen LogP contribution >= 0.6 is 7.60 Å². The van der Waals surface area contributed by atoms with Gasteiger partial charge in [-0.1, -0.05) is 7.60 Å². The molecule has 0 atom stereocenters. The monoisotopic (exact) mass is 302 g/mol. The first-order valence-corrected chi connectivity index (χ1v) is 8.55. The van der Waals surface area contributed by atoms with Crippen LogP contribution in [0.15, 0.2) is 0 Å². The average Bonchev–Trinajstić information content (AvgIpc) is 2.29. The largest absolute Gasteiger partial charge is 0.811 e. The molecule has 0 aliphatic rings. The number of ether oxygens (including phenoxy) is 2. The van der Waals surface area contributed by atoms with Crippen molar-refractivity contribution in [2.75, 3.05) is 46.2 Å². The van der Waals surface area contributed by atoms with Crippen molar-refractivity contribution in [1.82, 2.24) is 0 Å². The maximum Gasteiger partial charge on any atom is 0.0762 e. The summed E-state index contributed by atoms with van der Waals surface area (Å²) >= 11 is 0. The molecule has 0 rings (SSSR count). The molecular formula is C11H31N2O5P. The molecule has 8 heteroatoms. The Kier molecular flexibility index (Phi) is 25.7. The van der Waals surface area contributed by atoms with Crippen LogP contribution in [-0.4, -0.2) is 46.2 Å². The van der Waals surface area contributed by atoms with E-state index in [0.717, 1.165) is 52.4 Å². The molecule has 0 saturated carbocycles. The highest BCUT2D eigenvalue weighted by atomic mass is 31.2. The van der Waals surface area contributed by atoms with Gasteiger partial charge in [-0.15, -0.1) is 0 Å². The topological polar surface area (TPSA) is 137 Å². The fourth-order valence-corrected chi connectivity index (χ4v) is 0.697. The Hall–Kier alpha value is -0.0100. The fourth-order valence-electron chi connectivity index (χ4n) is 0.697. The van der Waals surface area contributed by atoms with Crippen LogP contribution in [0.3, 0.4) is 0 Å². The Morgan fingerprint density at radius 2 is 1.21 bits per heavy atom. The highest BCUT2D eigenvalue weighted by Crippen LogP contribution is 2.12. The van der Waals surface area contributed by atoms with Gasteiger partial charge in [-0.05, 0) is 20.5 Å². The number of rotatable bonds is 8. The molecule has 0 heterocycles. The van der Waals surface area contributed by atoms with Crippen LogP contribution in [0.2, 0.25) is 0 Å². The van der Waals surface area contributed by atoms with Gasteiger partial charge in [0.2, 0.25) is 0 Å². The van der Waals surface area contributed by atoms with E-state index < -0.39 is 7.60 Å². The van der Waals surface area contributed by atoms with Crippen LogP contribution in [-0.2, 0) is 14.0 Å². The summed E-state index contributed by atoms with van der Waals surface area (Å²) in [4.78, 5) is 18.2. The van der Waals surface area contributed by atoms with Crippen LogP contribution in [0.5, 0.6) is 0 Å². The highest BCUT2D eigenvalue weighted by molar-refractivity contribution is 7.47. The third kappa shape index (κ3) is 72.1. The fraction of sp³-hybridized carbons (Fsp3) is 1.00. The van der Waals surface area contributed by atoms with Gasteiger partial charge in [0.1, 0.15) is 0 Å². The third-order valence-electron chi connectivity index (χ3n) is 1.49. The van der Waals surface area contributed by atoms with Crippen molar-refractivity contribution >= 4 is 7.60 Å². The molecule has 0 aromatic rings. The predicted octanol–water partition coefficient (Wildman–Crippen LogP) is -2.16. The molecule has 120 valence electrons. The van der Waals surface area contributed by atoms with E-state index >= 15 is 0 Å². The zero-order valence-electron chi connectivity index (χ0n) is 12.6. The first-order chi connectivity index (χ1) is 8.83. The summed E-state index contributed by atoms with van der Waals surface area (Å²) in [7, 11) is -4.14. The van der Waals surface area contributed by atoms with Crippen molar-refractivity contribution < 1.29 is 35.3 Å². The van der Waals surface area contributed by atoms with Crippen LogP contribution < -0.4 is 21.3 Å². The number of hydrogen-bond acceptors (Lipinski definition) is 5. The van der Waals surface area contributed by atoms with Gasteiger partial charge < -0.3 is 35.3 Å². The molecule has 0 fully saturated rings. The first kappa shape index (κ1) is 24.0. The molecule has 0 amide bonds. The summed E-state index contributed by atoms with van der Waals surface area (Å²) in [5.41, 5.74) is 7.35. The van der Waals surface area contributed by atoms with E-state index in [4.69, 9.17) is 23.8 Å². The quantitative estimate of drug-likeness (QED) is 0.388. The highest BCUT2D eigenvalue weighted by Gasteiger charge is 1.81. The normalized spacial score (nSPS) is 10.1. The Morgan fingerprint density at radius 1 is 0.947 bits per heavy atom. The second kappa shape index (κ2) is 20.3. The minimum Gasteiger partial charge on any atom is -0.811 e. The molecule has 0 aromatic heterocycles. The summed E-state index contributed by atoms with van der Waals surface area (Å²) in [5, 5.41) is 0. The Morgan fingerprint density at radius 3 is 1.37 bits per heavy atom. The molecule has 0 aromatic carbocycles. The van der Waals surface area contributed by atoms with Gasteiger partial charge in [-0.3, -0.25) is 0 Å². The van der Waals surface area contributed by atoms with Crippen LogP contribution in [0.25, 0.3) is 0 Å². The van der Waals surface area contributed by atoms with Crippen molar-refractivity contribution in [1.29, 1.82) is 0 Å². The van der Waals surface area contributed by atoms with Crippen molar-refractivity contribution in [2.45, 2.75) is 26.7 Å². The van der Waals surface area contributed by atoms with Gasteiger partial charge >= 0.3 is 0 Å². The molecule has 0 radical (unpaired) electrons. The molecule has 0 bridgehead atoms. The van der Waals surface area contributed by atoms with Crippen molar-refractivity contribution in [3.63, 3.8) is 0 Å². The molecule has 6 N–H and O–H groups in total. The third-order valence-corrected chi connectivity index (χ3v) is 1.49. The van der Waals surface area contributed by atoms with Crippen LogP contribution in [0.4, 0.5) is 0 Å². The molecule has 0 aliphatic carbocycles. The lowest BCUT2D eigenvalue weighted by Gasteiger charge is -2.22. The summed E-state index contributed by atoms with van der Waals surface area (Å²) in [6, 6.07) is 0. The molecule has 19 heavy (non-hydrogen) atoms. The number of hydrogen-bond donors (Lipinski definition) is 2. The lowest BCUT2D eigenvalue weighted by Crippen LogP contribution is -2.50. The van der Waals surface area contributed by atoms with Crippen molar-refractivity contribution in [3.05, 3.63) is 0 Å². The Bertz CT molecular complexity index is 164. The van der Waals surface area contributed by atoms with Gasteiger partial charge in [0.25, 0.3) is 0 Å².